The van der Waals surface area contributed by atoms with E-state index in [4.69, 9.17) is 10.7 Å². The van der Waals surface area contributed by atoms with Gasteiger partial charge >= 0.3 is 0 Å². The van der Waals surface area contributed by atoms with Gasteiger partial charge in [-0.3, -0.25) is 14.9 Å². The van der Waals surface area contributed by atoms with Crippen LogP contribution in [0.3, 0.4) is 0 Å². The van der Waals surface area contributed by atoms with E-state index >= 15 is 0 Å². The zero-order chi connectivity index (χ0) is 13.2. The number of carbonyl (C=O) groups excluding carboxylic acids is 1. The van der Waals surface area contributed by atoms with Crippen LogP contribution in [-0.4, -0.2) is 26.7 Å². The number of hydrogen-bond acceptors (Lipinski definition) is 6. The van der Waals surface area contributed by atoms with E-state index in [0.717, 1.165) is 19.2 Å². The van der Waals surface area contributed by atoms with Gasteiger partial charge in [-0.2, -0.15) is 0 Å². The summed E-state index contributed by atoms with van der Waals surface area (Å²) in [7, 11) is 2.09. The summed E-state index contributed by atoms with van der Waals surface area (Å²) in [6.45, 7) is 0. The Hall–Kier alpha value is -1.67. The van der Waals surface area contributed by atoms with Crippen LogP contribution in [0.2, 0.25) is 0 Å². The zero-order valence-electron chi connectivity index (χ0n) is 8.41. The van der Waals surface area contributed by atoms with E-state index < -0.39 is 30.1 Å². The highest BCUT2D eigenvalue weighted by molar-refractivity contribution is 8.13. The third-order valence-corrected chi connectivity index (χ3v) is 3.24. The summed E-state index contributed by atoms with van der Waals surface area (Å²) in [6, 6.07) is 1.63. The molecule has 0 heterocycles. The quantitative estimate of drug-likeness (QED) is 0.356. The number of ether oxygens (including phenoxy) is 1. The number of rotatable bonds is 4. The number of methoxy groups -OCH3 is 1. The fourth-order valence-corrected chi connectivity index (χ4v) is 2.18. The Morgan fingerprint density at radius 1 is 1.47 bits per heavy atom. The Bertz CT molecular complexity index is 582. The average Bonchev–Trinajstić information content (AvgIpc) is 2.25. The summed E-state index contributed by atoms with van der Waals surface area (Å²) in [5.41, 5.74) is -0.948. The lowest BCUT2D eigenvalue weighted by atomic mass is 10.2. The van der Waals surface area contributed by atoms with Gasteiger partial charge in [0.2, 0.25) is 0 Å². The molecular weight excluding hydrogens is 274 g/mol. The number of hydrogen-bond donors (Lipinski definition) is 0. The van der Waals surface area contributed by atoms with Gasteiger partial charge in [0.05, 0.1) is 23.7 Å². The Kier molecular flexibility index (Phi) is 3.69. The van der Waals surface area contributed by atoms with Crippen molar-refractivity contribution in [3.63, 3.8) is 0 Å². The van der Waals surface area contributed by atoms with Crippen molar-refractivity contribution in [2.45, 2.75) is 4.90 Å². The van der Waals surface area contributed by atoms with Crippen LogP contribution in [0.1, 0.15) is 10.4 Å². The Labute approximate surface area is 101 Å². The summed E-state index contributed by atoms with van der Waals surface area (Å²) >= 11 is 0. The van der Waals surface area contributed by atoms with Crippen molar-refractivity contribution in [1.29, 1.82) is 0 Å². The van der Waals surface area contributed by atoms with Gasteiger partial charge in [-0.1, -0.05) is 0 Å². The highest BCUT2D eigenvalue weighted by atomic mass is 35.7. The van der Waals surface area contributed by atoms with Crippen LogP contribution in [0.4, 0.5) is 5.69 Å². The van der Waals surface area contributed by atoms with Crippen LogP contribution in [0.25, 0.3) is 0 Å². The predicted molar refractivity (Wildman–Crippen MR) is 58.1 cm³/mol. The van der Waals surface area contributed by atoms with Crippen molar-refractivity contribution in [1.82, 2.24) is 0 Å². The maximum atomic E-state index is 11.2. The molecule has 0 unspecified atom stereocenters. The molecule has 1 rings (SSSR count). The lowest BCUT2D eigenvalue weighted by Gasteiger charge is -2.06. The highest BCUT2D eigenvalue weighted by Gasteiger charge is 2.24. The minimum Gasteiger partial charge on any atom is -0.495 e. The molecule has 7 nitrogen and oxygen atoms in total. The SMILES string of the molecule is COc1cc([N+](=O)[O-])c(C=O)cc1S(=O)(=O)Cl. The maximum absolute atomic E-state index is 11.2. The van der Waals surface area contributed by atoms with E-state index in [-0.39, 0.29) is 12.0 Å². The second-order valence-corrected chi connectivity index (χ2v) is 5.41. The first-order valence-corrected chi connectivity index (χ1v) is 6.38. The molecule has 0 bridgehead atoms. The highest BCUT2D eigenvalue weighted by Crippen LogP contribution is 2.32. The van der Waals surface area contributed by atoms with E-state index in [9.17, 15) is 23.3 Å². The monoisotopic (exact) mass is 279 g/mol. The van der Waals surface area contributed by atoms with Crippen molar-refractivity contribution in [3.8, 4) is 5.75 Å². The van der Waals surface area contributed by atoms with E-state index in [1.54, 1.807) is 0 Å². The summed E-state index contributed by atoms with van der Waals surface area (Å²) < 4.78 is 27.0. The largest absolute Gasteiger partial charge is 0.495 e. The lowest BCUT2D eigenvalue weighted by molar-refractivity contribution is -0.385. The standard InChI is InChI=1S/C8H6ClNO6S/c1-16-7-3-6(10(12)13)5(4-11)2-8(7)17(9,14)15/h2-4H,1H3. The van der Waals surface area contributed by atoms with E-state index in [1.807, 2.05) is 0 Å². The number of aldehydes is 1. The average molecular weight is 280 g/mol. The number of benzene rings is 1. The second-order valence-electron chi connectivity index (χ2n) is 2.87. The molecule has 0 saturated heterocycles. The number of halogens is 1. The molecule has 0 spiro atoms. The molecule has 0 amide bonds. The first-order valence-electron chi connectivity index (χ1n) is 4.07. The number of nitro groups is 1. The Morgan fingerprint density at radius 2 is 2.06 bits per heavy atom. The fraction of sp³-hybridized carbons (Fsp3) is 0.125. The Balaban J connectivity index is 3.66. The summed E-state index contributed by atoms with van der Waals surface area (Å²) in [6.07, 6.45) is 0.170. The van der Waals surface area contributed by atoms with Gasteiger partial charge in [0.25, 0.3) is 14.7 Å². The number of carbonyl (C=O) groups is 1. The second kappa shape index (κ2) is 4.68. The van der Waals surface area contributed by atoms with Gasteiger partial charge < -0.3 is 4.74 Å². The minimum atomic E-state index is -4.15. The normalized spacial score (nSPS) is 10.9. The summed E-state index contributed by atoms with van der Waals surface area (Å²) in [5.74, 6) is -0.294. The van der Waals surface area contributed by atoms with Gasteiger partial charge in [-0.05, 0) is 6.07 Å². The molecule has 0 N–H and O–H groups in total. The molecule has 0 saturated carbocycles. The molecule has 9 heteroatoms. The van der Waals surface area contributed by atoms with Crippen LogP contribution in [-0.2, 0) is 9.05 Å². The molecule has 1 aromatic carbocycles. The van der Waals surface area contributed by atoms with Gasteiger partial charge in [0, 0.05) is 10.7 Å². The van der Waals surface area contributed by atoms with Crippen molar-refractivity contribution in [2.24, 2.45) is 0 Å². The van der Waals surface area contributed by atoms with Crippen LogP contribution in [0.5, 0.6) is 5.75 Å². The zero-order valence-corrected chi connectivity index (χ0v) is 9.99. The first kappa shape index (κ1) is 13.4. The van der Waals surface area contributed by atoms with Crippen LogP contribution >= 0.6 is 10.7 Å². The number of nitrogens with zero attached hydrogens (tertiary/aromatic N) is 1. The first-order chi connectivity index (χ1) is 7.81. The van der Waals surface area contributed by atoms with Crippen molar-refractivity contribution in [3.05, 3.63) is 27.8 Å². The predicted octanol–water partition coefficient (Wildman–Crippen LogP) is 1.34. The molecule has 92 valence electrons. The molecule has 17 heavy (non-hydrogen) atoms. The lowest BCUT2D eigenvalue weighted by Crippen LogP contribution is -2.01. The topological polar surface area (TPSA) is 104 Å². The third kappa shape index (κ3) is 2.71. The summed E-state index contributed by atoms with van der Waals surface area (Å²) in [4.78, 5) is 19.9. The fourth-order valence-electron chi connectivity index (χ4n) is 1.17. The molecule has 0 aliphatic rings. The van der Waals surface area contributed by atoms with Gasteiger partial charge in [-0.15, -0.1) is 0 Å². The molecule has 0 fully saturated rings. The minimum absolute atomic E-state index is 0.170. The molecule has 0 aliphatic carbocycles. The number of nitro benzene ring substituents is 1. The maximum Gasteiger partial charge on any atom is 0.283 e. The Morgan fingerprint density at radius 3 is 2.41 bits per heavy atom. The van der Waals surface area contributed by atoms with Crippen LogP contribution in [0, 0.1) is 10.1 Å². The van der Waals surface area contributed by atoms with Crippen molar-refractivity contribution < 1.29 is 22.9 Å². The third-order valence-electron chi connectivity index (χ3n) is 1.90. The van der Waals surface area contributed by atoms with Crippen LogP contribution < -0.4 is 4.74 Å². The van der Waals surface area contributed by atoms with Crippen LogP contribution in [0.15, 0.2) is 17.0 Å². The van der Waals surface area contributed by atoms with Gasteiger partial charge in [0.1, 0.15) is 10.6 Å². The smallest absolute Gasteiger partial charge is 0.283 e. The van der Waals surface area contributed by atoms with Gasteiger partial charge in [0.15, 0.2) is 6.29 Å². The molecule has 0 atom stereocenters. The summed E-state index contributed by atoms with van der Waals surface area (Å²) in [5, 5.41) is 10.6. The molecule has 0 aliphatic heterocycles. The molecule has 0 aromatic heterocycles. The van der Waals surface area contributed by atoms with E-state index in [1.165, 1.54) is 0 Å². The molecular formula is C8H6ClNO6S. The molecule has 0 radical (unpaired) electrons. The molecule has 1 aromatic rings. The van der Waals surface area contributed by atoms with Crippen molar-refractivity contribution in [2.75, 3.05) is 7.11 Å². The van der Waals surface area contributed by atoms with Gasteiger partial charge in [-0.25, -0.2) is 8.42 Å². The van der Waals surface area contributed by atoms with Crippen molar-refractivity contribution >= 4 is 31.7 Å². The van der Waals surface area contributed by atoms with E-state index in [0.29, 0.717) is 0 Å². The van der Waals surface area contributed by atoms with E-state index in [2.05, 4.69) is 4.74 Å².